The highest BCUT2D eigenvalue weighted by atomic mass is 15.3. The fourth-order valence-corrected chi connectivity index (χ4v) is 2.53. The number of benzene rings is 1. The summed E-state index contributed by atoms with van der Waals surface area (Å²) in [5.41, 5.74) is 9.31. The summed E-state index contributed by atoms with van der Waals surface area (Å²) in [7, 11) is 0. The quantitative estimate of drug-likeness (QED) is 0.832. The second kappa shape index (κ2) is 5.61. The minimum Gasteiger partial charge on any atom is -0.398 e. The molecule has 2 rings (SSSR count). The SMILES string of the molecule is Cc1ccc(N2CCN(CC(C)C)CC2)cc1N. The molecule has 18 heavy (non-hydrogen) atoms. The van der Waals surface area contributed by atoms with Gasteiger partial charge in [0.05, 0.1) is 0 Å². The van der Waals surface area contributed by atoms with Crippen molar-refractivity contribution in [1.82, 2.24) is 4.90 Å². The van der Waals surface area contributed by atoms with Crippen LogP contribution in [0.4, 0.5) is 11.4 Å². The lowest BCUT2D eigenvalue weighted by molar-refractivity contribution is 0.231. The van der Waals surface area contributed by atoms with E-state index in [1.165, 1.54) is 12.2 Å². The predicted molar refractivity (Wildman–Crippen MR) is 79.1 cm³/mol. The first-order valence-electron chi connectivity index (χ1n) is 6.89. The van der Waals surface area contributed by atoms with E-state index in [1.807, 2.05) is 0 Å². The van der Waals surface area contributed by atoms with Gasteiger partial charge in [-0.25, -0.2) is 0 Å². The van der Waals surface area contributed by atoms with Crippen LogP contribution in [0, 0.1) is 12.8 Å². The van der Waals surface area contributed by atoms with Gasteiger partial charge in [-0.2, -0.15) is 0 Å². The average Bonchev–Trinajstić information content (AvgIpc) is 2.33. The van der Waals surface area contributed by atoms with Crippen molar-refractivity contribution in [2.75, 3.05) is 43.4 Å². The van der Waals surface area contributed by atoms with Crippen molar-refractivity contribution in [3.63, 3.8) is 0 Å². The van der Waals surface area contributed by atoms with Crippen LogP contribution >= 0.6 is 0 Å². The first-order valence-corrected chi connectivity index (χ1v) is 6.89. The number of piperazine rings is 1. The third-order valence-electron chi connectivity index (χ3n) is 3.62. The summed E-state index contributed by atoms with van der Waals surface area (Å²) in [6.07, 6.45) is 0. The molecule has 1 aliphatic heterocycles. The number of rotatable bonds is 3. The van der Waals surface area contributed by atoms with E-state index >= 15 is 0 Å². The fourth-order valence-electron chi connectivity index (χ4n) is 2.53. The summed E-state index contributed by atoms with van der Waals surface area (Å²) in [6.45, 7) is 12.4. The molecule has 0 unspecified atom stereocenters. The van der Waals surface area contributed by atoms with Gasteiger partial charge in [0.15, 0.2) is 0 Å². The molecule has 0 amide bonds. The maximum atomic E-state index is 5.98. The monoisotopic (exact) mass is 247 g/mol. The molecule has 3 heteroatoms. The summed E-state index contributed by atoms with van der Waals surface area (Å²) < 4.78 is 0. The molecule has 1 heterocycles. The number of hydrogen-bond acceptors (Lipinski definition) is 3. The fraction of sp³-hybridized carbons (Fsp3) is 0.600. The Balaban J connectivity index is 1.94. The van der Waals surface area contributed by atoms with Gasteiger partial charge in [-0.3, -0.25) is 4.90 Å². The Labute approximate surface area is 111 Å². The van der Waals surface area contributed by atoms with Crippen LogP contribution in [0.5, 0.6) is 0 Å². The molecular weight excluding hydrogens is 222 g/mol. The standard InChI is InChI=1S/C15H25N3/c1-12(2)11-17-6-8-18(9-7-17)14-5-4-13(3)15(16)10-14/h4-5,10,12H,6-9,11,16H2,1-3H3. The Morgan fingerprint density at radius 1 is 1.17 bits per heavy atom. The molecule has 0 spiro atoms. The lowest BCUT2D eigenvalue weighted by Crippen LogP contribution is -2.47. The Bertz CT molecular complexity index is 393. The van der Waals surface area contributed by atoms with Crippen LogP contribution in [0.1, 0.15) is 19.4 Å². The topological polar surface area (TPSA) is 32.5 Å². The minimum absolute atomic E-state index is 0.756. The number of hydrogen-bond donors (Lipinski definition) is 1. The molecule has 0 aromatic heterocycles. The third-order valence-corrected chi connectivity index (χ3v) is 3.62. The normalized spacial score (nSPS) is 17.4. The highest BCUT2D eigenvalue weighted by Gasteiger charge is 2.17. The zero-order chi connectivity index (χ0) is 13.1. The number of nitrogens with zero attached hydrogens (tertiary/aromatic N) is 2. The Morgan fingerprint density at radius 3 is 2.39 bits per heavy atom. The molecule has 2 N–H and O–H groups in total. The lowest BCUT2D eigenvalue weighted by atomic mass is 10.1. The molecule has 0 atom stereocenters. The molecule has 1 saturated heterocycles. The average molecular weight is 247 g/mol. The van der Waals surface area contributed by atoms with Crippen molar-refractivity contribution in [3.8, 4) is 0 Å². The first kappa shape index (κ1) is 13.2. The van der Waals surface area contributed by atoms with Gasteiger partial charge in [-0.15, -0.1) is 0 Å². The van der Waals surface area contributed by atoms with Crippen LogP contribution in [0.15, 0.2) is 18.2 Å². The first-order chi connectivity index (χ1) is 8.56. The summed E-state index contributed by atoms with van der Waals surface area (Å²) in [4.78, 5) is 4.99. The molecule has 0 saturated carbocycles. The molecule has 0 radical (unpaired) electrons. The van der Waals surface area contributed by atoms with Crippen LogP contribution in [-0.2, 0) is 0 Å². The van der Waals surface area contributed by atoms with Gasteiger partial charge < -0.3 is 10.6 Å². The summed E-state index contributed by atoms with van der Waals surface area (Å²) in [6, 6.07) is 6.41. The third kappa shape index (κ3) is 3.16. The number of nitrogens with two attached hydrogens (primary N) is 1. The second-order valence-corrected chi connectivity index (χ2v) is 5.72. The zero-order valence-corrected chi connectivity index (χ0v) is 11.8. The molecule has 1 aromatic rings. The highest BCUT2D eigenvalue weighted by Crippen LogP contribution is 2.22. The van der Waals surface area contributed by atoms with Gasteiger partial charge >= 0.3 is 0 Å². The van der Waals surface area contributed by atoms with Crippen molar-refractivity contribution < 1.29 is 0 Å². The van der Waals surface area contributed by atoms with Gasteiger partial charge in [0.25, 0.3) is 0 Å². The van der Waals surface area contributed by atoms with Crippen molar-refractivity contribution in [1.29, 1.82) is 0 Å². The van der Waals surface area contributed by atoms with Crippen LogP contribution < -0.4 is 10.6 Å². The Hall–Kier alpha value is -1.22. The summed E-state index contributed by atoms with van der Waals surface area (Å²) in [5.74, 6) is 0.756. The smallest absolute Gasteiger partial charge is 0.0387 e. The van der Waals surface area contributed by atoms with Gasteiger partial charge in [0.2, 0.25) is 0 Å². The zero-order valence-electron chi connectivity index (χ0n) is 11.8. The largest absolute Gasteiger partial charge is 0.398 e. The van der Waals surface area contributed by atoms with E-state index in [9.17, 15) is 0 Å². The molecule has 3 nitrogen and oxygen atoms in total. The Kier molecular flexibility index (Phi) is 4.12. The molecular formula is C15H25N3. The Morgan fingerprint density at radius 2 is 1.83 bits per heavy atom. The van der Waals surface area contributed by atoms with E-state index in [-0.39, 0.29) is 0 Å². The van der Waals surface area contributed by atoms with Gasteiger partial charge in [-0.1, -0.05) is 19.9 Å². The van der Waals surface area contributed by atoms with Gasteiger partial charge in [0.1, 0.15) is 0 Å². The maximum Gasteiger partial charge on any atom is 0.0387 e. The summed E-state index contributed by atoms with van der Waals surface area (Å²) in [5, 5.41) is 0. The minimum atomic E-state index is 0.756. The molecule has 100 valence electrons. The summed E-state index contributed by atoms with van der Waals surface area (Å²) >= 11 is 0. The van der Waals surface area contributed by atoms with Crippen molar-refractivity contribution in [2.24, 2.45) is 5.92 Å². The van der Waals surface area contributed by atoms with Crippen LogP contribution in [0.25, 0.3) is 0 Å². The highest BCUT2D eigenvalue weighted by molar-refractivity contribution is 5.59. The van der Waals surface area contributed by atoms with Crippen LogP contribution in [0.2, 0.25) is 0 Å². The van der Waals surface area contributed by atoms with Crippen molar-refractivity contribution >= 4 is 11.4 Å². The number of aryl methyl sites for hydroxylation is 1. The predicted octanol–water partition coefficient (Wildman–Crippen LogP) is 2.36. The van der Waals surface area contributed by atoms with Gasteiger partial charge in [-0.05, 0) is 30.5 Å². The molecule has 0 bridgehead atoms. The van der Waals surface area contributed by atoms with Gasteiger partial charge in [0, 0.05) is 44.1 Å². The van der Waals surface area contributed by atoms with E-state index in [1.54, 1.807) is 0 Å². The van der Waals surface area contributed by atoms with Crippen LogP contribution in [-0.4, -0.2) is 37.6 Å². The van der Waals surface area contributed by atoms with E-state index in [0.717, 1.165) is 43.3 Å². The molecule has 1 fully saturated rings. The molecule has 1 aliphatic rings. The molecule has 0 aliphatic carbocycles. The van der Waals surface area contributed by atoms with E-state index in [4.69, 9.17) is 5.73 Å². The number of anilines is 2. The molecule has 1 aromatic carbocycles. The van der Waals surface area contributed by atoms with E-state index < -0.39 is 0 Å². The van der Waals surface area contributed by atoms with E-state index in [0.29, 0.717) is 0 Å². The van der Waals surface area contributed by atoms with E-state index in [2.05, 4.69) is 48.8 Å². The lowest BCUT2D eigenvalue weighted by Gasteiger charge is -2.37. The van der Waals surface area contributed by atoms with Crippen LogP contribution in [0.3, 0.4) is 0 Å². The maximum absolute atomic E-state index is 5.98. The van der Waals surface area contributed by atoms with Crippen molar-refractivity contribution in [2.45, 2.75) is 20.8 Å². The second-order valence-electron chi connectivity index (χ2n) is 5.72. The van der Waals surface area contributed by atoms with Crippen molar-refractivity contribution in [3.05, 3.63) is 23.8 Å². The number of nitrogen functional groups attached to an aromatic ring is 1.